The third-order valence-electron chi connectivity index (χ3n) is 3.69. The van der Waals surface area contributed by atoms with Gasteiger partial charge >= 0.3 is 0 Å². The smallest absolute Gasteiger partial charge is 0.200 e. The Kier molecular flexibility index (Phi) is 6.94. The first-order valence-electron chi connectivity index (χ1n) is 8.08. The highest BCUT2D eigenvalue weighted by molar-refractivity contribution is 7.10. The molecule has 7 heteroatoms. The fourth-order valence-electron chi connectivity index (χ4n) is 2.30. The Morgan fingerprint density at radius 1 is 1.20 bits per heavy atom. The number of hydrogen-bond donors (Lipinski definition) is 3. The van der Waals surface area contributed by atoms with Crippen LogP contribution < -0.4 is 20.1 Å². The SMILES string of the molecule is CCNC(=NCc1cc(OC)c(O)c(OC)c1)NCc1sccc1C. The maximum atomic E-state index is 9.98. The van der Waals surface area contributed by atoms with Crippen LogP contribution in [0.3, 0.4) is 0 Å². The van der Waals surface area contributed by atoms with Crippen LogP contribution in [0, 0.1) is 6.92 Å². The number of aliphatic imine (C=N–C) groups is 1. The van der Waals surface area contributed by atoms with Gasteiger partial charge in [-0.2, -0.15) is 0 Å². The minimum atomic E-state index is -0.00377. The number of aryl methyl sites for hydroxylation is 1. The normalized spacial score (nSPS) is 11.3. The van der Waals surface area contributed by atoms with Gasteiger partial charge in [-0.3, -0.25) is 0 Å². The maximum Gasteiger partial charge on any atom is 0.200 e. The van der Waals surface area contributed by atoms with Crippen molar-refractivity contribution >= 4 is 17.3 Å². The van der Waals surface area contributed by atoms with Crippen LogP contribution in [0.2, 0.25) is 0 Å². The summed E-state index contributed by atoms with van der Waals surface area (Å²) in [5.41, 5.74) is 2.16. The second-order valence-corrected chi connectivity index (χ2v) is 6.43. The summed E-state index contributed by atoms with van der Waals surface area (Å²) >= 11 is 1.73. The number of nitrogens with one attached hydrogen (secondary N) is 2. The van der Waals surface area contributed by atoms with E-state index in [1.165, 1.54) is 24.7 Å². The predicted molar refractivity (Wildman–Crippen MR) is 102 cm³/mol. The molecule has 0 saturated carbocycles. The Balaban J connectivity index is 2.11. The maximum absolute atomic E-state index is 9.98. The van der Waals surface area contributed by atoms with Gasteiger partial charge in [0.15, 0.2) is 17.5 Å². The molecule has 0 bridgehead atoms. The number of aromatic hydroxyl groups is 1. The summed E-state index contributed by atoms with van der Waals surface area (Å²) in [4.78, 5) is 5.89. The van der Waals surface area contributed by atoms with Crippen molar-refractivity contribution in [1.29, 1.82) is 0 Å². The van der Waals surface area contributed by atoms with Gasteiger partial charge in [-0.05, 0) is 48.6 Å². The summed E-state index contributed by atoms with van der Waals surface area (Å²) in [5.74, 6) is 1.48. The van der Waals surface area contributed by atoms with Gasteiger partial charge in [0.1, 0.15) is 0 Å². The number of ether oxygens (including phenoxy) is 2. The monoisotopic (exact) mass is 363 g/mol. The van der Waals surface area contributed by atoms with Crippen LogP contribution in [0.1, 0.15) is 22.9 Å². The summed E-state index contributed by atoms with van der Waals surface area (Å²) in [7, 11) is 3.02. The molecule has 2 rings (SSSR count). The number of rotatable bonds is 7. The molecule has 0 fully saturated rings. The van der Waals surface area contributed by atoms with Crippen LogP contribution >= 0.6 is 11.3 Å². The molecular weight excluding hydrogens is 338 g/mol. The highest BCUT2D eigenvalue weighted by Gasteiger charge is 2.11. The number of methoxy groups -OCH3 is 2. The highest BCUT2D eigenvalue weighted by Crippen LogP contribution is 2.37. The van der Waals surface area contributed by atoms with Crippen LogP contribution in [0.15, 0.2) is 28.6 Å². The molecule has 0 aliphatic rings. The van der Waals surface area contributed by atoms with E-state index in [0.29, 0.717) is 18.0 Å². The van der Waals surface area contributed by atoms with Gasteiger partial charge in [0.25, 0.3) is 0 Å². The van der Waals surface area contributed by atoms with Crippen molar-refractivity contribution in [3.8, 4) is 17.2 Å². The number of phenols is 1. The molecule has 0 spiro atoms. The van der Waals surface area contributed by atoms with Crippen molar-refractivity contribution in [1.82, 2.24) is 10.6 Å². The topological polar surface area (TPSA) is 75.1 Å². The van der Waals surface area contributed by atoms with Crippen molar-refractivity contribution in [2.45, 2.75) is 26.9 Å². The lowest BCUT2D eigenvalue weighted by atomic mass is 10.2. The molecule has 0 saturated heterocycles. The highest BCUT2D eigenvalue weighted by atomic mass is 32.1. The standard InChI is InChI=1S/C18H25N3O3S/c1-5-19-18(21-11-16-12(2)6-7-25-16)20-10-13-8-14(23-3)17(22)15(9-13)24-4/h6-9,22H,5,10-11H2,1-4H3,(H2,19,20,21). The van der Waals surface area contributed by atoms with Gasteiger partial charge in [-0.25, -0.2) is 4.99 Å². The number of guanidine groups is 1. The van der Waals surface area contributed by atoms with Gasteiger partial charge in [-0.1, -0.05) is 0 Å². The van der Waals surface area contributed by atoms with E-state index in [1.54, 1.807) is 23.5 Å². The van der Waals surface area contributed by atoms with Crippen molar-refractivity contribution < 1.29 is 14.6 Å². The Bertz CT molecular complexity index is 703. The molecule has 0 radical (unpaired) electrons. The zero-order valence-corrected chi connectivity index (χ0v) is 15.9. The van der Waals surface area contributed by atoms with E-state index in [9.17, 15) is 5.11 Å². The summed E-state index contributed by atoms with van der Waals surface area (Å²) < 4.78 is 10.4. The summed E-state index contributed by atoms with van der Waals surface area (Å²) in [5, 5.41) is 18.6. The van der Waals surface area contributed by atoms with E-state index in [2.05, 4.69) is 34.0 Å². The van der Waals surface area contributed by atoms with Gasteiger partial charge in [0.05, 0.1) is 27.3 Å². The summed E-state index contributed by atoms with van der Waals surface area (Å²) in [6, 6.07) is 5.63. The third-order valence-corrected chi connectivity index (χ3v) is 4.71. The van der Waals surface area contributed by atoms with Crippen molar-refractivity contribution in [2.75, 3.05) is 20.8 Å². The second kappa shape index (κ2) is 9.17. The lowest BCUT2D eigenvalue weighted by molar-refractivity contribution is 0.339. The van der Waals surface area contributed by atoms with Gasteiger partial charge in [0.2, 0.25) is 5.75 Å². The summed E-state index contributed by atoms with van der Waals surface area (Å²) in [6.45, 7) is 6.08. The molecule has 6 nitrogen and oxygen atoms in total. The molecular formula is C18H25N3O3S. The average molecular weight is 363 g/mol. The zero-order valence-electron chi connectivity index (χ0n) is 15.0. The van der Waals surface area contributed by atoms with E-state index in [0.717, 1.165) is 24.6 Å². The number of phenolic OH excluding ortho intramolecular Hbond substituents is 1. The summed E-state index contributed by atoms with van der Waals surface area (Å²) in [6.07, 6.45) is 0. The van der Waals surface area contributed by atoms with E-state index < -0.39 is 0 Å². The Hall–Kier alpha value is -2.41. The third kappa shape index (κ3) is 5.03. The zero-order chi connectivity index (χ0) is 18.2. The minimum absolute atomic E-state index is 0.00377. The molecule has 25 heavy (non-hydrogen) atoms. The minimum Gasteiger partial charge on any atom is -0.502 e. The number of hydrogen-bond acceptors (Lipinski definition) is 5. The first-order chi connectivity index (χ1) is 12.1. The quantitative estimate of drug-likeness (QED) is 0.521. The Morgan fingerprint density at radius 2 is 1.88 bits per heavy atom. The molecule has 136 valence electrons. The fraction of sp³-hybridized carbons (Fsp3) is 0.389. The van der Waals surface area contributed by atoms with Crippen LogP contribution in [0.5, 0.6) is 17.2 Å². The van der Waals surface area contributed by atoms with Crippen molar-refractivity contribution in [3.05, 3.63) is 39.6 Å². The van der Waals surface area contributed by atoms with Crippen LogP contribution in [-0.4, -0.2) is 31.8 Å². The molecule has 0 amide bonds. The Morgan fingerprint density at radius 3 is 2.40 bits per heavy atom. The molecule has 1 aromatic heterocycles. The lowest BCUT2D eigenvalue weighted by Gasteiger charge is -2.13. The molecule has 0 unspecified atom stereocenters. The molecule has 1 heterocycles. The molecule has 0 aliphatic heterocycles. The molecule has 2 aromatic rings. The van der Waals surface area contributed by atoms with Gasteiger partial charge in [0, 0.05) is 11.4 Å². The fourth-order valence-corrected chi connectivity index (χ4v) is 3.15. The molecule has 1 aromatic carbocycles. The van der Waals surface area contributed by atoms with E-state index in [-0.39, 0.29) is 5.75 Å². The van der Waals surface area contributed by atoms with E-state index in [1.807, 2.05) is 6.92 Å². The van der Waals surface area contributed by atoms with Crippen molar-refractivity contribution in [2.24, 2.45) is 4.99 Å². The Labute approximate surface area is 152 Å². The van der Waals surface area contributed by atoms with Crippen LogP contribution in [-0.2, 0) is 13.1 Å². The average Bonchev–Trinajstić information content (AvgIpc) is 3.03. The number of benzene rings is 1. The molecule has 3 N–H and O–H groups in total. The first-order valence-corrected chi connectivity index (χ1v) is 8.96. The molecule has 0 atom stereocenters. The number of thiophene rings is 1. The van der Waals surface area contributed by atoms with Crippen LogP contribution in [0.25, 0.3) is 0 Å². The number of nitrogens with zero attached hydrogens (tertiary/aromatic N) is 1. The van der Waals surface area contributed by atoms with Crippen molar-refractivity contribution in [3.63, 3.8) is 0 Å². The van der Waals surface area contributed by atoms with E-state index >= 15 is 0 Å². The second-order valence-electron chi connectivity index (χ2n) is 5.42. The van der Waals surface area contributed by atoms with E-state index in [4.69, 9.17) is 9.47 Å². The van der Waals surface area contributed by atoms with Crippen LogP contribution in [0.4, 0.5) is 0 Å². The predicted octanol–water partition coefficient (Wildman–Crippen LogP) is 3.03. The van der Waals surface area contributed by atoms with Gasteiger partial charge < -0.3 is 25.2 Å². The first kappa shape index (κ1) is 18.9. The molecule has 0 aliphatic carbocycles. The van der Waals surface area contributed by atoms with Gasteiger partial charge in [-0.15, -0.1) is 11.3 Å². The lowest BCUT2D eigenvalue weighted by Crippen LogP contribution is -2.36. The largest absolute Gasteiger partial charge is 0.502 e.